The number of aromatic carboxylic acids is 1. The zero-order chi connectivity index (χ0) is 11.0. The lowest BCUT2D eigenvalue weighted by atomic mass is 9.99. The molecule has 0 fully saturated rings. The number of carbonyl (C=O) groups is 1. The van der Waals surface area contributed by atoms with E-state index in [-0.39, 0.29) is 5.56 Å². The first-order valence-corrected chi connectivity index (χ1v) is 4.62. The second-order valence-electron chi connectivity index (χ2n) is 3.51. The molecule has 0 aliphatic carbocycles. The summed E-state index contributed by atoms with van der Waals surface area (Å²) in [5.74, 6) is -0.985. The minimum atomic E-state index is -0.985. The van der Waals surface area contributed by atoms with Crippen molar-refractivity contribution in [2.75, 3.05) is 5.73 Å². The maximum atomic E-state index is 10.9. The molecule has 0 saturated carbocycles. The van der Waals surface area contributed by atoms with Crippen molar-refractivity contribution in [3.05, 3.63) is 41.5 Å². The molecule has 0 unspecified atom stereocenters. The van der Waals surface area contributed by atoms with E-state index in [1.807, 2.05) is 31.2 Å². The van der Waals surface area contributed by atoms with Gasteiger partial charge in [0.05, 0.1) is 11.3 Å². The average Bonchev–Trinajstić information content (AvgIpc) is 2.23. The van der Waals surface area contributed by atoms with E-state index in [2.05, 4.69) is 0 Å². The third kappa shape index (κ3) is 1.42. The third-order valence-corrected chi connectivity index (χ3v) is 2.52. The van der Waals surface area contributed by atoms with E-state index in [1.165, 1.54) is 0 Å². The highest BCUT2D eigenvalue weighted by Crippen LogP contribution is 2.27. The number of nitrogens with two attached hydrogens (primary N) is 1. The van der Waals surface area contributed by atoms with Crippen molar-refractivity contribution >= 4 is 22.4 Å². The van der Waals surface area contributed by atoms with Crippen LogP contribution in [-0.2, 0) is 0 Å². The minimum absolute atomic E-state index is 0.172. The van der Waals surface area contributed by atoms with Gasteiger partial charge in [-0.15, -0.1) is 0 Å². The van der Waals surface area contributed by atoms with E-state index in [0.717, 1.165) is 16.3 Å². The Morgan fingerprint density at radius 3 is 2.47 bits per heavy atom. The van der Waals surface area contributed by atoms with Crippen LogP contribution in [0.5, 0.6) is 0 Å². The fourth-order valence-corrected chi connectivity index (χ4v) is 1.76. The SMILES string of the molecule is Cc1cc(C(=O)O)c(N)c2ccccc12. The van der Waals surface area contributed by atoms with Crippen LogP contribution in [0.25, 0.3) is 10.8 Å². The Hall–Kier alpha value is -2.03. The number of carboxylic acids is 1. The summed E-state index contributed by atoms with van der Waals surface area (Å²) in [5.41, 5.74) is 7.25. The highest BCUT2D eigenvalue weighted by molar-refractivity contribution is 6.06. The number of hydrogen-bond acceptors (Lipinski definition) is 2. The smallest absolute Gasteiger partial charge is 0.337 e. The molecule has 2 rings (SSSR count). The fourth-order valence-electron chi connectivity index (χ4n) is 1.76. The Morgan fingerprint density at radius 2 is 1.87 bits per heavy atom. The van der Waals surface area contributed by atoms with Crippen molar-refractivity contribution in [1.82, 2.24) is 0 Å². The van der Waals surface area contributed by atoms with Gasteiger partial charge in [0.15, 0.2) is 0 Å². The monoisotopic (exact) mass is 201 g/mol. The molecule has 0 atom stereocenters. The molecule has 0 amide bonds. The largest absolute Gasteiger partial charge is 0.478 e. The number of carboxylic acid groups (broad SMARTS) is 1. The molecule has 2 aromatic carbocycles. The molecular formula is C12H11NO2. The van der Waals surface area contributed by atoms with Crippen LogP contribution in [-0.4, -0.2) is 11.1 Å². The van der Waals surface area contributed by atoms with Gasteiger partial charge in [0.25, 0.3) is 0 Å². The number of anilines is 1. The highest BCUT2D eigenvalue weighted by Gasteiger charge is 2.12. The molecule has 0 bridgehead atoms. The highest BCUT2D eigenvalue weighted by atomic mass is 16.4. The van der Waals surface area contributed by atoms with Crippen molar-refractivity contribution in [3.8, 4) is 0 Å². The quantitative estimate of drug-likeness (QED) is 0.696. The van der Waals surface area contributed by atoms with E-state index in [4.69, 9.17) is 10.8 Å². The Balaban J connectivity index is 2.90. The summed E-state index contributed by atoms with van der Waals surface area (Å²) in [6.07, 6.45) is 0. The van der Waals surface area contributed by atoms with Crippen LogP contribution in [0.3, 0.4) is 0 Å². The van der Waals surface area contributed by atoms with Gasteiger partial charge in [0, 0.05) is 5.39 Å². The number of aryl methyl sites for hydroxylation is 1. The molecule has 3 nitrogen and oxygen atoms in total. The van der Waals surface area contributed by atoms with Crippen LogP contribution in [0.1, 0.15) is 15.9 Å². The molecule has 15 heavy (non-hydrogen) atoms. The van der Waals surface area contributed by atoms with Crippen molar-refractivity contribution in [2.45, 2.75) is 6.92 Å². The molecular weight excluding hydrogens is 190 g/mol. The summed E-state index contributed by atoms with van der Waals surface area (Å²) in [6.45, 7) is 1.88. The van der Waals surface area contributed by atoms with E-state index >= 15 is 0 Å². The molecule has 3 N–H and O–H groups in total. The van der Waals surface area contributed by atoms with Crippen LogP contribution >= 0.6 is 0 Å². The minimum Gasteiger partial charge on any atom is -0.478 e. The first-order valence-electron chi connectivity index (χ1n) is 4.62. The normalized spacial score (nSPS) is 10.5. The summed E-state index contributed by atoms with van der Waals surface area (Å²) in [4.78, 5) is 10.9. The summed E-state index contributed by atoms with van der Waals surface area (Å²) < 4.78 is 0. The lowest BCUT2D eigenvalue weighted by Crippen LogP contribution is -2.03. The summed E-state index contributed by atoms with van der Waals surface area (Å²) in [7, 11) is 0. The van der Waals surface area contributed by atoms with Crippen LogP contribution in [0.15, 0.2) is 30.3 Å². The number of hydrogen-bond donors (Lipinski definition) is 2. The topological polar surface area (TPSA) is 63.3 Å². The predicted octanol–water partition coefficient (Wildman–Crippen LogP) is 2.43. The van der Waals surface area contributed by atoms with Gasteiger partial charge >= 0.3 is 5.97 Å². The lowest BCUT2D eigenvalue weighted by Gasteiger charge is -2.08. The van der Waals surface area contributed by atoms with Crippen LogP contribution < -0.4 is 5.73 Å². The third-order valence-electron chi connectivity index (χ3n) is 2.52. The second kappa shape index (κ2) is 3.28. The Labute approximate surface area is 87.1 Å². The standard InChI is InChI=1S/C12H11NO2/c1-7-6-10(12(14)15)11(13)9-5-3-2-4-8(7)9/h2-6H,13H2,1H3,(H,14,15). The van der Waals surface area contributed by atoms with Crippen molar-refractivity contribution < 1.29 is 9.90 Å². The summed E-state index contributed by atoms with van der Waals surface area (Å²) >= 11 is 0. The van der Waals surface area contributed by atoms with Gasteiger partial charge in [-0.3, -0.25) is 0 Å². The van der Waals surface area contributed by atoms with Crippen molar-refractivity contribution in [2.24, 2.45) is 0 Å². The van der Waals surface area contributed by atoms with Crippen LogP contribution in [0.2, 0.25) is 0 Å². The van der Waals surface area contributed by atoms with Gasteiger partial charge in [-0.25, -0.2) is 4.79 Å². The Bertz CT molecular complexity index is 547. The molecule has 0 saturated heterocycles. The molecule has 0 aliphatic rings. The predicted molar refractivity (Wildman–Crippen MR) is 60.1 cm³/mol. The average molecular weight is 201 g/mol. The Morgan fingerprint density at radius 1 is 1.27 bits per heavy atom. The van der Waals surface area contributed by atoms with Gasteiger partial charge in [-0.1, -0.05) is 24.3 Å². The summed E-state index contributed by atoms with van der Waals surface area (Å²) in [5, 5.41) is 10.8. The van der Waals surface area contributed by atoms with E-state index < -0.39 is 5.97 Å². The van der Waals surface area contributed by atoms with Crippen LogP contribution in [0.4, 0.5) is 5.69 Å². The van der Waals surface area contributed by atoms with Gasteiger partial charge in [0.1, 0.15) is 0 Å². The Kier molecular flexibility index (Phi) is 2.08. The zero-order valence-corrected chi connectivity index (χ0v) is 8.32. The molecule has 0 heterocycles. The van der Waals surface area contributed by atoms with E-state index in [0.29, 0.717) is 5.69 Å². The van der Waals surface area contributed by atoms with Gasteiger partial charge in [0.2, 0.25) is 0 Å². The summed E-state index contributed by atoms with van der Waals surface area (Å²) in [6, 6.07) is 9.15. The van der Waals surface area contributed by atoms with Gasteiger partial charge in [-0.2, -0.15) is 0 Å². The zero-order valence-electron chi connectivity index (χ0n) is 8.32. The number of benzene rings is 2. The van der Waals surface area contributed by atoms with Crippen LogP contribution in [0, 0.1) is 6.92 Å². The fraction of sp³-hybridized carbons (Fsp3) is 0.0833. The second-order valence-corrected chi connectivity index (χ2v) is 3.51. The van der Waals surface area contributed by atoms with Gasteiger partial charge in [-0.05, 0) is 23.9 Å². The number of rotatable bonds is 1. The van der Waals surface area contributed by atoms with E-state index in [9.17, 15) is 4.79 Å². The maximum Gasteiger partial charge on any atom is 0.337 e. The van der Waals surface area contributed by atoms with E-state index in [1.54, 1.807) is 6.07 Å². The molecule has 76 valence electrons. The van der Waals surface area contributed by atoms with Crippen molar-refractivity contribution in [1.29, 1.82) is 0 Å². The molecule has 0 aliphatic heterocycles. The molecule has 3 heteroatoms. The molecule has 0 radical (unpaired) electrons. The molecule has 0 aromatic heterocycles. The lowest BCUT2D eigenvalue weighted by molar-refractivity contribution is 0.0698. The first kappa shape index (κ1) is 9.52. The number of nitrogen functional groups attached to an aromatic ring is 1. The van der Waals surface area contributed by atoms with Gasteiger partial charge < -0.3 is 10.8 Å². The van der Waals surface area contributed by atoms with Crippen molar-refractivity contribution in [3.63, 3.8) is 0 Å². The first-order chi connectivity index (χ1) is 7.11. The number of fused-ring (bicyclic) bond motifs is 1. The molecule has 0 spiro atoms. The molecule has 2 aromatic rings. The maximum absolute atomic E-state index is 10.9.